The fourth-order valence-electron chi connectivity index (χ4n) is 0.528. The molecule has 0 unspecified atom stereocenters. The first-order valence-electron chi connectivity index (χ1n) is 3.67. The Morgan fingerprint density at radius 3 is 2.23 bits per heavy atom. The molecule has 0 aromatic rings. The summed E-state index contributed by atoms with van der Waals surface area (Å²) in [6.07, 6.45) is 0. The van der Waals surface area contributed by atoms with E-state index < -0.39 is 10.1 Å². The van der Waals surface area contributed by atoms with Crippen molar-refractivity contribution in [3.05, 3.63) is 0 Å². The summed E-state index contributed by atoms with van der Waals surface area (Å²) in [6, 6.07) is 0. The Morgan fingerprint density at radius 2 is 1.77 bits per heavy atom. The zero-order chi connectivity index (χ0) is 9.45. The van der Waals surface area contributed by atoms with Gasteiger partial charge in [-0.15, -0.1) is 0 Å². The van der Waals surface area contributed by atoms with Gasteiger partial charge >= 0.3 is 51.4 Å². The average Bonchev–Trinajstić information content (AvgIpc) is 1.94. The monoisotopic (exact) mass is 238 g/mol. The first kappa shape index (κ1) is 16.9. The minimum atomic E-state index is -3.88. The first-order chi connectivity index (χ1) is 5.56. The van der Waals surface area contributed by atoms with E-state index in [1.807, 2.05) is 6.92 Å². The van der Waals surface area contributed by atoms with Gasteiger partial charge in [0, 0.05) is 6.61 Å². The van der Waals surface area contributed by atoms with Crippen LogP contribution in [0.5, 0.6) is 0 Å². The second-order valence-corrected chi connectivity index (χ2v) is 3.67. The third-order valence-corrected chi connectivity index (χ3v) is 1.74. The number of hydrogen-bond acceptors (Lipinski definition) is 4. The van der Waals surface area contributed by atoms with Crippen LogP contribution in [0.25, 0.3) is 0 Å². The molecule has 0 spiro atoms. The molecule has 0 aliphatic heterocycles. The van der Waals surface area contributed by atoms with Crippen molar-refractivity contribution < 1.29 is 75.3 Å². The summed E-state index contributed by atoms with van der Waals surface area (Å²) in [4.78, 5) is 0. The third-order valence-electron chi connectivity index (χ3n) is 1.06. The summed E-state index contributed by atoms with van der Waals surface area (Å²) < 4.78 is 38.4. The second-order valence-electron chi connectivity index (χ2n) is 2.10. The molecule has 0 bridgehead atoms. The van der Waals surface area contributed by atoms with Gasteiger partial charge in [-0.3, -0.25) is 4.55 Å². The molecule has 0 heterocycles. The molecule has 5 nitrogen and oxygen atoms in total. The van der Waals surface area contributed by atoms with Crippen molar-refractivity contribution in [3.63, 3.8) is 0 Å². The van der Waals surface area contributed by atoms with Crippen LogP contribution in [0.15, 0.2) is 0 Å². The standard InChI is InChI=1S/C6H14O5S.K.H/c1-2-10-3-4-11-5-6-12(7,8)9;;/h2-6H2,1H3,(H,7,8,9);;/q;+1;-1. The van der Waals surface area contributed by atoms with Crippen LogP contribution < -0.4 is 51.4 Å². The minimum Gasteiger partial charge on any atom is -1.00 e. The van der Waals surface area contributed by atoms with Gasteiger partial charge in [0.2, 0.25) is 0 Å². The van der Waals surface area contributed by atoms with Crippen LogP contribution >= 0.6 is 0 Å². The Bertz CT molecular complexity index is 196. The summed E-state index contributed by atoms with van der Waals surface area (Å²) in [6.45, 7) is 3.27. The summed E-state index contributed by atoms with van der Waals surface area (Å²) in [5.74, 6) is -0.362. The van der Waals surface area contributed by atoms with Crippen molar-refractivity contribution in [2.45, 2.75) is 6.92 Å². The average molecular weight is 238 g/mol. The van der Waals surface area contributed by atoms with Crippen LogP contribution in [-0.2, 0) is 19.6 Å². The maximum atomic E-state index is 10.2. The molecule has 1 N–H and O–H groups in total. The quantitative estimate of drug-likeness (QED) is 0.291. The van der Waals surface area contributed by atoms with E-state index in [4.69, 9.17) is 14.0 Å². The maximum Gasteiger partial charge on any atom is 1.00 e. The molecule has 0 amide bonds. The molecule has 0 aromatic carbocycles. The fraction of sp³-hybridized carbons (Fsp3) is 1.00. The van der Waals surface area contributed by atoms with Gasteiger partial charge in [-0.05, 0) is 6.92 Å². The Morgan fingerprint density at radius 1 is 1.23 bits per heavy atom. The molecule has 76 valence electrons. The van der Waals surface area contributed by atoms with Crippen molar-refractivity contribution in [1.29, 1.82) is 0 Å². The maximum absolute atomic E-state index is 10.2. The molecule has 0 fully saturated rings. The van der Waals surface area contributed by atoms with E-state index in [0.717, 1.165) is 0 Å². The van der Waals surface area contributed by atoms with Crippen LogP contribution in [0.4, 0.5) is 0 Å². The van der Waals surface area contributed by atoms with E-state index in [1.165, 1.54) is 0 Å². The first-order valence-corrected chi connectivity index (χ1v) is 5.28. The SMILES string of the molecule is CCOCCOCCS(=O)(=O)O.[H-].[K+]. The number of ether oxygens (including phenoxy) is 2. The smallest absolute Gasteiger partial charge is 1.00 e. The molecular formula is C6H15KO5S. The normalized spacial score (nSPS) is 10.9. The summed E-state index contributed by atoms with van der Waals surface area (Å²) >= 11 is 0. The van der Waals surface area contributed by atoms with E-state index in [9.17, 15) is 8.42 Å². The fourth-order valence-corrected chi connectivity index (χ4v) is 0.857. The van der Waals surface area contributed by atoms with Gasteiger partial charge in [0.05, 0.1) is 25.6 Å². The van der Waals surface area contributed by atoms with Crippen molar-refractivity contribution in [1.82, 2.24) is 0 Å². The van der Waals surface area contributed by atoms with E-state index in [0.29, 0.717) is 19.8 Å². The predicted molar refractivity (Wildman–Crippen MR) is 44.8 cm³/mol. The Hall–Kier alpha value is 1.47. The van der Waals surface area contributed by atoms with E-state index in [-0.39, 0.29) is 65.2 Å². The van der Waals surface area contributed by atoms with Gasteiger partial charge in [0.25, 0.3) is 10.1 Å². The minimum absolute atomic E-state index is 0. The van der Waals surface area contributed by atoms with Gasteiger partial charge in [-0.2, -0.15) is 8.42 Å². The third kappa shape index (κ3) is 16.2. The van der Waals surface area contributed by atoms with Crippen molar-refractivity contribution >= 4 is 10.1 Å². The number of hydrogen-bond donors (Lipinski definition) is 1. The molecule has 0 aromatic heterocycles. The second kappa shape index (κ2) is 10.0. The van der Waals surface area contributed by atoms with Crippen molar-refractivity contribution in [2.24, 2.45) is 0 Å². The predicted octanol–water partition coefficient (Wildman–Crippen LogP) is -2.96. The molecule has 0 aliphatic carbocycles. The van der Waals surface area contributed by atoms with Gasteiger partial charge in [0.15, 0.2) is 0 Å². The van der Waals surface area contributed by atoms with E-state index >= 15 is 0 Å². The van der Waals surface area contributed by atoms with Crippen molar-refractivity contribution in [3.8, 4) is 0 Å². The van der Waals surface area contributed by atoms with Gasteiger partial charge in [0.1, 0.15) is 0 Å². The van der Waals surface area contributed by atoms with Crippen LogP contribution in [0.2, 0.25) is 0 Å². The van der Waals surface area contributed by atoms with Crippen LogP contribution in [0.3, 0.4) is 0 Å². The van der Waals surface area contributed by atoms with Crippen LogP contribution in [0, 0.1) is 0 Å². The molecule has 13 heavy (non-hydrogen) atoms. The Kier molecular flexibility index (Phi) is 13.0. The summed E-state index contributed by atoms with van der Waals surface area (Å²) in [5, 5.41) is 0. The van der Waals surface area contributed by atoms with Crippen LogP contribution in [0.1, 0.15) is 8.35 Å². The van der Waals surface area contributed by atoms with Gasteiger partial charge < -0.3 is 10.9 Å². The Balaban J connectivity index is -0.000000605. The molecule has 0 aliphatic rings. The zero-order valence-electron chi connectivity index (χ0n) is 9.02. The van der Waals surface area contributed by atoms with Gasteiger partial charge in [-0.25, -0.2) is 0 Å². The molecule has 0 radical (unpaired) electrons. The molecule has 0 saturated heterocycles. The molecule has 0 rings (SSSR count). The molecule has 7 heteroatoms. The van der Waals surface area contributed by atoms with Crippen LogP contribution in [-0.4, -0.2) is 45.2 Å². The topological polar surface area (TPSA) is 72.8 Å². The van der Waals surface area contributed by atoms with E-state index in [1.54, 1.807) is 0 Å². The zero-order valence-corrected chi connectivity index (χ0v) is 12.0. The number of rotatable bonds is 7. The van der Waals surface area contributed by atoms with E-state index in [2.05, 4.69) is 0 Å². The summed E-state index contributed by atoms with van der Waals surface area (Å²) in [5.41, 5.74) is 0. The summed E-state index contributed by atoms with van der Waals surface area (Å²) in [7, 11) is -3.88. The molecule has 0 atom stereocenters. The largest absolute Gasteiger partial charge is 1.00 e. The molecule has 0 saturated carbocycles. The van der Waals surface area contributed by atoms with Crippen molar-refractivity contribution in [2.75, 3.05) is 32.2 Å². The Labute approximate surface area is 123 Å². The molecular weight excluding hydrogens is 223 g/mol. The van der Waals surface area contributed by atoms with Gasteiger partial charge in [-0.1, -0.05) is 0 Å².